The van der Waals surface area contributed by atoms with Crippen LogP contribution in [0, 0.1) is 11.3 Å². The molecule has 1 N–H and O–H groups in total. The molecule has 1 aliphatic rings. The molecule has 1 fully saturated rings. The Labute approximate surface area is 127 Å². The maximum atomic E-state index is 12.6. The third kappa shape index (κ3) is 2.11. The second-order valence-electron chi connectivity index (χ2n) is 5.42. The lowest BCUT2D eigenvalue weighted by Crippen LogP contribution is -2.40. The minimum Gasteiger partial charge on any atom is -0.458 e. The third-order valence-corrected chi connectivity index (χ3v) is 3.86. The third-order valence-electron chi connectivity index (χ3n) is 3.86. The van der Waals surface area contributed by atoms with Crippen LogP contribution in [0.15, 0.2) is 34.7 Å². The highest BCUT2D eigenvalue weighted by atomic mass is 16.3. The van der Waals surface area contributed by atoms with E-state index in [0.717, 1.165) is 10.3 Å². The number of carbonyl (C=O) groups excluding carboxylic acids is 2. The van der Waals surface area contributed by atoms with Gasteiger partial charge in [-0.05, 0) is 25.5 Å². The molecule has 1 saturated heterocycles. The molecule has 112 valence electrons. The van der Waals surface area contributed by atoms with Crippen LogP contribution in [0.25, 0.3) is 11.0 Å². The number of carbonyl (C=O) groups is 2. The Hall–Kier alpha value is -2.81. The predicted molar refractivity (Wildman–Crippen MR) is 78.7 cm³/mol. The number of rotatable bonds is 4. The molecule has 1 unspecified atom stereocenters. The Balaban J connectivity index is 1.91. The minimum atomic E-state index is -1.21. The molecule has 0 aliphatic carbocycles. The van der Waals surface area contributed by atoms with Crippen LogP contribution in [0.5, 0.6) is 0 Å². The Bertz CT molecular complexity index is 756. The highest BCUT2D eigenvalue weighted by Crippen LogP contribution is 2.33. The number of imide groups is 1. The summed E-state index contributed by atoms with van der Waals surface area (Å²) in [6, 6.07) is 10.8. The van der Waals surface area contributed by atoms with Gasteiger partial charge in [-0.15, -0.1) is 0 Å². The summed E-state index contributed by atoms with van der Waals surface area (Å²) in [5.74, 6) is 0.0596. The lowest BCUT2D eigenvalue weighted by molar-refractivity contribution is -0.131. The molecule has 1 aromatic carbocycles. The van der Waals surface area contributed by atoms with Gasteiger partial charge in [-0.2, -0.15) is 5.26 Å². The molecule has 0 radical (unpaired) electrons. The number of hydrogen-bond acceptors (Lipinski definition) is 4. The Morgan fingerprint density at radius 1 is 1.36 bits per heavy atom. The first-order chi connectivity index (χ1) is 10.6. The fraction of sp³-hybridized carbons (Fsp3) is 0.312. The van der Waals surface area contributed by atoms with Gasteiger partial charge in [-0.3, -0.25) is 9.69 Å². The van der Waals surface area contributed by atoms with Crippen molar-refractivity contribution >= 4 is 22.9 Å². The van der Waals surface area contributed by atoms with E-state index in [-0.39, 0.29) is 12.5 Å². The van der Waals surface area contributed by atoms with Crippen molar-refractivity contribution < 1.29 is 14.0 Å². The van der Waals surface area contributed by atoms with E-state index in [9.17, 15) is 9.59 Å². The van der Waals surface area contributed by atoms with Crippen molar-refractivity contribution in [1.29, 1.82) is 5.26 Å². The summed E-state index contributed by atoms with van der Waals surface area (Å²) < 4.78 is 5.73. The summed E-state index contributed by atoms with van der Waals surface area (Å²) >= 11 is 0. The fourth-order valence-electron chi connectivity index (χ4n) is 2.61. The maximum Gasteiger partial charge on any atom is 0.325 e. The van der Waals surface area contributed by atoms with Gasteiger partial charge in [0.2, 0.25) is 0 Å². The lowest BCUT2D eigenvalue weighted by Gasteiger charge is -2.18. The number of furan rings is 1. The van der Waals surface area contributed by atoms with Gasteiger partial charge in [0.25, 0.3) is 5.91 Å². The largest absolute Gasteiger partial charge is 0.458 e. The predicted octanol–water partition coefficient (Wildman–Crippen LogP) is 2.50. The molecule has 2 heterocycles. The van der Waals surface area contributed by atoms with E-state index in [2.05, 4.69) is 5.32 Å². The molecule has 6 nitrogen and oxygen atoms in total. The van der Waals surface area contributed by atoms with Gasteiger partial charge in [-0.25, -0.2) is 4.79 Å². The first-order valence-corrected chi connectivity index (χ1v) is 7.06. The average molecular weight is 297 g/mol. The van der Waals surface area contributed by atoms with E-state index in [1.165, 1.54) is 0 Å². The van der Waals surface area contributed by atoms with Crippen LogP contribution in [0.3, 0.4) is 0 Å². The first-order valence-electron chi connectivity index (χ1n) is 7.06. The van der Waals surface area contributed by atoms with Crippen molar-refractivity contribution in [3.63, 3.8) is 0 Å². The summed E-state index contributed by atoms with van der Waals surface area (Å²) in [6.07, 6.45) is 0.768. The second-order valence-corrected chi connectivity index (χ2v) is 5.42. The summed E-state index contributed by atoms with van der Waals surface area (Å²) in [6.45, 7) is 1.86. The number of nitriles is 1. The highest BCUT2D eigenvalue weighted by molar-refractivity contribution is 6.07. The average Bonchev–Trinajstić information content (AvgIpc) is 3.03. The molecule has 2 aromatic rings. The zero-order valence-electron chi connectivity index (χ0n) is 12.1. The van der Waals surface area contributed by atoms with Gasteiger partial charge >= 0.3 is 6.03 Å². The zero-order valence-corrected chi connectivity index (χ0v) is 12.1. The van der Waals surface area contributed by atoms with E-state index < -0.39 is 11.6 Å². The minimum absolute atomic E-state index is 0.230. The van der Waals surface area contributed by atoms with Crippen molar-refractivity contribution in [3.8, 4) is 6.07 Å². The molecule has 3 amide bonds. The monoisotopic (exact) mass is 297 g/mol. The second kappa shape index (κ2) is 5.19. The molecular weight excluding hydrogens is 282 g/mol. The van der Waals surface area contributed by atoms with Crippen molar-refractivity contribution in [3.05, 3.63) is 36.1 Å². The summed E-state index contributed by atoms with van der Waals surface area (Å²) in [4.78, 5) is 25.8. The zero-order chi connectivity index (χ0) is 15.7. The molecule has 0 bridgehead atoms. The van der Waals surface area contributed by atoms with E-state index in [4.69, 9.17) is 9.68 Å². The van der Waals surface area contributed by atoms with Crippen LogP contribution in [0.4, 0.5) is 4.79 Å². The van der Waals surface area contributed by atoms with Crippen molar-refractivity contribution in [2.24, 2.45) is 0 Å². The first kappa shape index (κ1) is 14.1. The van der Waals surface area contributed by atoms with Crippen LogP contribution in [-0.2, 0) is 10.3 Å². The molecule has 22 heavy (non-hydrogen) atoms. The van der Waals surface area contributed by atoms with Crippen molar-refractivity contribution in [2.75, 3.05) is 6.54 Å². The summed E-state index contributed by atoms with van der Waals surface area (Å²) in [7, 11) is 0. The lowest BCUT2D eigenvalue weighted by atomic mass is 9.99. The number of nitrogens with zero attached hydrogens (tertiary/aromatic N) is 2. The molecule has 0 saturated carbocycles. The van der Waals surface area contributed by atoms with Gasteiger partial charge in [0, 0.05) is 18.4 Å². The number of fused-ring (bicyclic) bond motifs is 1. The Kier molecular flexibility index (Phi) is 3.33. The van der Waals surface area contributed by atoms with Crippen molar-refractivity contribution in [2.45, 2.75) is 25.3 Å². The molecule has 1 aliphatic heterocycles. The Morgan fingerprint density at radius 2 is 2.14 bits per heavy atom. The molecular formula is C16H15N3O3. The summed E-state index contributed by atoms with van der Waals surface area (Å²) in [5.41, 5.74) is -0.536. The van der Waals surface area contributed by atoms with E-state index in [1.54, 1.807) is 13.0 Å². The standard InChI is InChI=1S/C16H15N3O3/c1-16(13-10-11-6-2-3-7-12(11)22-13)14(20)19(15(21)18-16)9-5-4-8-17/h2-3,6-7,10H,4-5,9H2,1H3,(H,18,21). The number of unbranched alkanes of at least 4 members (excludes halogenated alkanes) is 1. The van der Waals surface area contributed by atoms with Gasteiger partial charge in [-0.1, -0.05) is 18.2 Å². The van der Waals surface area contributed by atoms with Gasteiger partial charge in [0.05, 0.1) is 6.07 Å². The molecule has 3 rings (SSSR count). The van der Waals surface area contributed by atoms with E-state index >= 15 is 0 Å². The fourth-order valence-corrected chi connectivity index (χ4v) is 2.61. The van der Waals surface area contributed by atoms with Gasteiger partial charge in [0.15, 0.2) is 5.54 Å². The van der Waals surface area contributed by atoms with Crippen LogP contribution < -0.4 is 5.32 Å². The molecule has 6 heteroatoms. The Morgan fingerprint density at radius 3 is 2.86 bits per heavy atom. The number of para-hydroxylation sites is 1. The molecule has 0 spiro atoms. The highest BCUT2D eigenvalue weighted by Gasteiger charge is 2.50. The normalized spacial score (nSPS) is 21.2. The molecule has 1 aromatic heterocycles. The van der Waals surface area contributed by atoms with Gasteiger partial charge < -0.3 is 9.73 Å². The van der Waals surface area contributed by atoms with E-state index in [0.29, 0.717) is 24.2 Å². The van der Waals surface area contributed by atoms with Gasteiger partial charge in [0.1, 0.15) is 11.3 Å². The number of amides is 3. The van der Waals surface area contributed by atoms with E-state index in [1.807, 2.05) is 30.3 Å². The topological polar surface area (TPSA) is 86.3 Å². The van der Waals surface area contributed by atoms with Crippen LogP contribution in [0.2, 0.25) is 0 Å². The van der Waals surface area contributed by atoms with Crippen LogP contribution in [-0.4, -0.2) is 23.4 Å². The van der Waals surface area contributed by atoms with Crippen LogP contribution in [0.1, 0.15) is 25.5 Å². The number of nitrogens with one attached hydrogen (secondary N) is 1. The quantitative estimate of drug-likeness (QED) is 0.694. The van der Waals surface area contributed by atoms with Crippen molar-refractivity contribution in [1.82, 2.24) is 10.2 Å². The molecule has 1 atom stereocenters. The number of hydrogen-bond donors (Lipinski definition) is 1. The SMILES string of the molecule is CC1(c2cc3ccccc3o2)NC(=O)N(CCCC#N)C1=O. The summed E-state index contributed by atoms with van der Waals surface area (Å²) in [5, 5.41) is 12.1. The number of urea groups is 1. The number of benzene rings is 1. The van der Waals surface area contributed by atoms with Crippen LogP contribution >= 0.6 is 0 Å². The maximum absolute atomic E-state index is 12.6. The smallest absolute Gasteiger partial charge is 0.325 e.